The zero-order valence-corrected chi connectivity index (χ0v) is 6.66. The molecule has 1 N–H and O–H groups in total. The summed E-state index contributed by atoms with van der Waals surface area (Å²) >= 11 is 0. The average Bonchev–Trinajstić information content (AvgIpc) is 2.30. The van der Waals surface area contributed by atoms with Crippen molar-refractivity contribution in [2.45, 2.75) is 13.5 Å². The molecule has 0 aliphatic carbocycles. The van der Waals surface area contributed by atoms with Crippen molar-refractivity contribution in [2.24, 2.45) is 7.05 Å². The van der Waals surface area contributed by atoms with Crippen molar-refractivity contribution in [1.29, 1.82) is 0 Å². The molecule has 0 radical (unpaired) electrons. The fraction of sp³-hybridized carbons (Fsp3) is 0.375. The van der Waals surface area contributed by atoms with E-state index in [0.717, 1.165) is 5.69 Å². The second-order valence-electron chi connectivity index (χ2n) is 2.48. The highest BCUT2D eigenvalue weighted by Crippen LogP contribution is 2.07. The summed E-state index contributed by atoms with van der Waals surface area (Å²) in [7, 11) is 1.77. The maximum atomic E-state index is 10.9. The molecule has 3 nitrogen and oxygen atoms in total. The first-order valence-corrected chi connectivity index (χ1v) is 3.43. The lowest BCUT2D eigenvalue weighted by atomic mass is 10.3. The van der Waals surface area contributed by atoms with E-state index in [2.05, 4.69) is 0 Å². The topological polar surface area (TPSA) is 42.2 Å². The Labute approximate surface area is 65.3 Å². The van der Waals surface area contributed by atoms with Gasteiger partial charge in [0.05, 0.1) is 12.3 Å². The minimum absolute atomic E-state index is 0.0206. The van der Waals surface area contributed by atoms with Crippen LogP contribution < -0.4 is 0 Å². The lowest BCUT2D eigenvalue weighted by Gasteiger charge is -2.01. The van der Waals surface area contributed by atoms with Gasteiger partial charge in [-0.2, -0.15) is 0 Å². The molecule has 0 aromatic carbocycles. The molecule has 0 spiro atoms. The number of Topliss-reactive ketones (excluding diaryl/α,β-unsaturated/α-hetero) is 1. The summed E-state index contributed by atoms with van der Waals surface area (Å²) in [6.45, 7) is 1.49. The minimum Gasteiger partial charge on any atom is -0.390 e. The van der Waals surface area contributed by atoms with E-state index in [4.69, 9.17) is 5.11 Å². The fourth-order valence-electron chi connectivity index (χ4n) is 1.07. The number of aliphatic hydroxyl groups is 1. The van der Waals surface area contributed by atoms with Gasteiger partial charge in [-0.15, -0.1) is 0 Å². The van der Waals surface area contributed by atoms with Gasteiger partial charge in [0, 0.05) is 19.7 Å². The Morgan fingerprint density at radius 1 is 1.64 bits per heavy atom. The Balaban J connectivity index is 3.10. The Morgan fingerprint density at radius 2 is 2.27 bits per heavy atom. The van der Waals surface area contributed by atoms with Gasteiger partial charge in [0.2, 0.25) is 0 Å². The van der Waals surface area contributed by atoms with Gasteiger partial charge in [-0.05, 0) is 12.1 Å². The minimum atomic E-state index is -0.0240. The van der Waals surface area contributed by atoms with E-state index < -0.39 is 0 Å². The van der Waals surface area contributed by atoms with Crippen LogP contribution in [0.5, 0.6) is 0 Å². The van der Waals surface area contributed by atoms with Crippen LogP contribution >= 0.6 is 0 Å². The molecule has 0 aliphatic rings. The standard InChI is InChI=1S/C8H11NO2/c1-6(11)8-4-3-7(5-10)9(8)2/h3-4,10H,5H2,1-2H3. The molecule has 0 saturated carbocycles. The van der Waals surface area contributed by atoms with E-state index in [1.54, 1.807) is 23.7 Å². The molecule has 1 rings (SSSR count). The third-order valence-electron chi connectivity index (χ3n) is 1.75. The second-order valence-corrected chi connectivity index (χ2v) is 2.48. The van der Waals surface area contributed by atoms with Crippen LogP contribution in [0.25, 0.3) is 0 Å². The predicted octanol–water partition coefficient (Wildman–Crippen LogP) is 0.720. The Morgan fingerprint density at radius 3 is 2.55 bits per heavy atom. The molecule has 0 aliphatic heterocycles. The quantitative estimate of drug-likeness (QED) is 0.636. The lowest BCUT2D eigenvalue weighted by Crippen LogP contribution is -2.04. The number of carbonyl (C=O) groups is 1. The molecule has 0 fully saturated rings. The number of ketones is 1. The van der Waals surface area contributed by atoms with Crippen LogP contribution in [0.2, 0.25) is 0 Å². The first-order chi connectivity index (χ1) is 5.16. The fourth-order valence-corrected chi connectivity index (χ4v) is 1.07. The van der Waals surface area contributed by atoms with Crippen molar-refractivity contribution in [3.8, 4) is 0 Å². The van der Waals surface area contributed by atoms with Gasteiger partial charge >= 0.3 is 0 Å². The van der Waals surface area contributed by atoms with Crippen LogP contribution in [0.4, 0.5) is 0 Å². The molecule has 3 heteroatoms. The molecule has 1 aromatic rings. The van der Waals surface area contributed by atoms with E-state index in [9.17, 15) is 4.79 Å². The zero-order chi connectivity index (χ0) is 8.43. The van der Waals surface area contributed by atoms with Crippen LogP contribution in [-0.2, 0) is 13.7 Å². The molecule has 0 unspecified atom stereocenters. The summed E-state index contributed by atoms with van der Waals surface area (Å²) in [5.41, 5.74) is 1.39. The van der Waals surface area contributed by atoms with Gasteiger partial charge in [-0.1, -0.05) is 0 Å². The SMILES string of the molecule is CC(=O)c1ccc(CO)n1C. The van der Waals surface area contributed by atoms with Crippen molar-refractivity contribution < 1.29 is 9.90 Å². The van der Waals surface area contributed by atoms with Gasteiger partial charge in [0.15, 0.2) is 5.78 Å². The highest BCUT2D eigenvalue weighted by molar-refractivity contribution is 5.92. The van der Waals surface area contributed by atoms with Gasteiger partial charge in [0.1, 0.15) is 0 Å². The first-order valence-electron chi connectivity index (χ1n) is 3.43. The summed E-state index contributed by atoms with van der Waals surface area (Å²) in [4.78, 5) is 10.9. The van der Waals surface area contributed by atoms with E-state index in [1.807, 2.05) is 0 Å². The highest BCUT2D eigenvalue weighted by atomic mass is 16.3. The van der Waals surface area contributed by atoms with Gasteiger partial charge in [-0.3, -0.25) is 4.79 Å². The Bertz CT molecular complexity index is 276. The number of aromatic nitrogens is 1. The molecule has 0 saturated heterocycles. The molecule has 1 heterocycles. The smallest absolute Gasteiger partial charge is 0.176 e. The largest absolute Gasteiger partial charge is 0.390 e. The highest BCUT2D eigenvalue weighted by Gasteiger charge is 2.06. The van der Waals surface area contributed by atoms with Crippen LogP contribution in [0, 0.1) is 0 Å². The van der Waals surface area contributed by atoms with E-state index in [1.165, 1.54) is 6.92 Å². The predicted molar refractivity (Wildman–Crippen MR) is 41.3 cm³/mol. The van der Waals surface area contributed by atoms with Gasteiger partial charge < -0.3 is 9.67 Å². The Kier molecular flexibility index (Phi) is 2.10. The number of hydrogen-bond donors (Lipinski definition) is 1. The molecule has 60 valence electrons. The maximum absolute atomic E-state index is 10.9. The monoisotopic (exact) mass is 153 g/mol. The van der Waals surface area contributed by atoms with Crippen LogP contribution in [0.1, 0.15) is 23.1 Å². The van der Waals surface area contributed by atoms with E-state index in [0.29, 0.717) is 5.69 Å². The normalized spacial score (nSPS) is 10.1. The van der Waals surface area contributed by atoms with Crippen molar-refractivity contribution in [1.82, 2.24) is 4.57 Å². The summed E-state index contributed by atoms with van der Waals surface area (Å²) in [6, 6.07) is 3.46. The molecule has 0 amide bonds. The molecule has 1 aromatic heterocycles. The van der Waals surface area contributed by atoms with Crippen molar-refractivity contribution in [3.63, 3.8) is 0 Å². The molecule has 0 bridgehead atoms. The second kappa shape index (κ2) is 2.88. The Hall–Kier alpha value is -1.09. The van der Waals surface area contributed by atoms with Gasteiger partial charge in [-0.25, -0.2) is 0 Å². The molecular weight excluding hydrogens is 142 g/mol. The summed E-state index contributed by atoms with van der Waals surface area (Å²) in [6.07, 6.45) is 0. The lowest BCUT2D eigenvalue weighted by molar-refractivity contribution is 0.100. The van der Waals surface area contributed by atoms with Gasteiger partial charge in [0.25, 0.3) is 0 Å². The van der Waals surface area contributed by atoms with Crippen LogP contribution in [0.3, 0.4) is 0 Å². The summed E-state index contributed by atoms with van der Waals surface area (Å²) in [5, 5.41) is 8.78. The number of nitrogens with zero attached hydrogens (tertiary/aromatic N) is 1. The van der Waals surface area contributed by atoms with Crippen molar-refractivity contribution >= 4 is 5.78 Å². The summed E-state index contributed by atoms with van der Waals surface area (Å²) < 4.78 is 1.70. The first kappa shape index (κ1) is 8.01. The molecule has 11 heavy (non-hydrogen) atoms. The van der Waals surface area contributed by atoms with Crippen LogP contribution in [0.15, 0.2) is 12.1 Å². The average molecular weight is 153 g/mol. The number of rotatable bonds is 2. The maximum Gasteiger partial charge on any atom is 0.176 e. The zero-order valence-electron chi connectivity index (χ0n) is 6.66. The van der Waals surface area contributed by atoms with Crippen molar-refractivity contribution in [3.05, 3.63) is 23.5 Å². The number of carbonyl (C=O) groups excluding carboxylic acids is 1. The van der Waals surface area contributed by atoms with E-state index in [-0.39, 0.29) is 12.4 Å². The molecular formula is C8H11NO2. The van der Waals surface area contributed by atoms with Crippen molar-refractivity contribution in [2.75, 3.05) is 0 Å². The number of aliphatic hydroxyl groups excluding tert-OH is 1. The third-order valence-corrected chi connectivity index (χ3v) is 1.75. The summed E-state index contributed by atoms with van der Waals surface area (Å²) in [5.74, 6) is 0.0206. The third kappa shape index (κ3) is 1.33. The number of hydrogen-bond acceptors (Lipinski definition) is 2. The van der Waals surface area contributed by atoms with E-state index >= 15 is 0 Å². The van der Waals surface area contributed by atoms with Crippen LogP contribution in [-0.4, -0.2) is 15.5 Å². The molecule has 0 atom stereocenters.